The highest BCUT2D eigenvalue weighted by Gasteiger charge is 2.34. The molecule has 0 N–H and O–H groups in total. The number of hydrogen-bond acceptors (Lipinski definition) is 2. The molecule has 0 aromatic heterocycles. The van der Waals surface area contributed by atoms with Gasteiger partial charge in [0, 0.05) is 4.75 Å². The highest BCUT2D eigenvalue weighted by atomic mass is 32.2. The second-order valence-corrected chi connectivity index (χ2v) is 6.86. The Morgan fingerprint density at radius 3 is 1.93 bits per heavy atom. The van der Waals surface area contributed by atoms with Gasteiger partial charge in [0.15, 0.2) is 7.98 Å². The summed E-state index contributed by atoms with van der Waals surface area (Å²) in [6.45, 7) is 11.3. The Morgan fingerprint density at radius 2 is 1.67 bits per heavy atom. The van der Waals surface area contributed by atoms with Crippen LogP contribution in [0.4, 0.5) is 0 Å². The molecule has 2 atom stereocenters. The van der Waals surface area contributed by atoms with Crippen molar-refractivity contribution in [3.63, 3.8) is 0 Å². The summed E-state index contributed by atoms with van der Waals surface area (Å²) in [7, 11) is 7.92. The lowest BCUT2D eigenvalue weighted by Crippen LogP contribution is -2.42. The first kappa shape index (κ1) is 15.4. The Balaban J connectivity index is 4.63. The quantitative estimate of drug-likeness (QED) is 0.480. The zero-order valence-electron chi connectivity index (χ0n) is 11.3. The van der Waals surface area contributed by atoms with Crippen molar-refractivity contribution in [2.45, 2.75) is 69.9 Å². The lowest BCUT2D eigenvalue weighted by molar-refractivity contribution is 0.359. The molecule has 88 valence electrons. The molecule has 2 radical (unpaired) electrons. The minimum absolute atomic E-state index is 0.0555. The van der Waals surface area contributed by atoms with E-state index in [1.165, 1.54) is 19.3 Å². The summed E-state index contributed by atoms with van der Waals surface area (Å²) in [5.41, 5.74) is 0. The van der Waals surface area contributed by atoms with Crippen LogP contribution in [0.25, 0.3) is 0 Å². The average Bonchev–Trinajstić information content (AvgIpc) is 2.17. The summed E-state index contributed by atoms with van der Waals surface area (Å²) >= 11 is 2.03. The van der Waals surface area contributed by atoms with Gasteiger partial charge >= 0.3 is 0 Å². The van der Waals surface area contributed by atoms with Gasteiger partial charge in [-0.25, -0.2) is 0 Å². The predicted molar refractivity (Wildman–Crippen MR) is 73.4 cm³/mol. The third-order valence-corrected chi connectivity index (χ3v) is 5.40. The molecule has 0 spiro atoms. The van der Waals surface area contributed by atoms with Crippen molar-refractivity contribution in [2.24, 2.45) is 0 Å². The Hall–Kier alpha value is 0.375. The van der Waals surface area contributed by atoms with Crippen LogP contribution in [-0.2, 0) is 0 Å². The number of thioether (sulfide) groups is 1. The normalized spacial score (nSPS) is 19.9. The van der Waals surface area contributed by atoms with E-state index >= 15 is 0 Å². The van der Waals surface area contributed by atoms with Crippen LogP contribution in [0, 0.1) is 0 Å². The van der Waals surface area contributed by atoms with E-state index in [-0.39, 0.29) is 4.87 Å². The van der Waals surface area contributed by atoms with Crippen LogP contribution in [0.15, 0.2) is 0 Å². The fourth-order valence-corrected chi connectivity index (χ4v) is 3.55. The van der Waals surface area contributed by atoms with Crippen LogP contribution in [0.3, 0.4) is 0 Å². The van der Waals surface area contributed by atoms with Gasteiger partial charge in [0.1, 0.15) is 0 Å². The van der Waals surface area contributed by atoms with E-state index in [1.807, 2.05) is 23.6 Å². The van der Waals surface area contributed by atoms with E-state index in [4.69, 9.17) is 7.98 Å². The first-order valence-electron chi connectivity index (χ1n) is 6.02. The van der Waals surface area contributed by atoms with Gasteiger partial charge in [-0.05, 0) is 33.2 Å². The molecule has 0 aromatic rings. The van der Waals surface area contributed by atoms with Gasteiger partial charge < -0.3 is 4.81 Å². The third kappa shape index (κ3) is 4.40. The molecule has 0 aliphatic heterocycles. The number of rotatable bonds is 7. The molecule has 3 heteroatoms. The minimum Gasteiger partial charge on any atom is -0.343 e. The number of nitrogens with zero attached hydrogens (tertiary/aromatic N) is 1. The molecular weight excluding hydrogens is 201 g/mol. The maximum Gasteiger partial charge on any atom is 0.183 e. The Kier molecular flexibility index (Phi) is 6.35. The fourth-order valence-electron chi connectivity index (χ4n) is 1.75. The number of hydrogen-bond donors (Lipinski definition) is 0. The highest BCUT2D eigenvalue weighted by molar-refractivity contribution is 8.01. The topological polar surface area (TPSA) is 3.24 Å². The van der Waals surface area contributed by atoms with E-state index in [0.29, 0.717) is 4.75 Å². The second kappa shape index (κ2) is 6.19. The zero-order valence-corrected chi connectivity index (χ0v) is 12.1. The van der Waals surface area contributed by atoms with Crippen molar-refractivity contribution in [2.75, 3.05) is 7.05 Å². The lowest BCUT2D eigenvalue weighted by Gasteiger charge is -2.43. The zero-order chi connectivity index (χ0) is 12.1. The molecule has 0 aromatic carbocycles. The van der Waals surface area contributed by atoms with Crippen LogP contribution >= 0.6 is 11.8 Å². The highest BCUT2D eigenvalue weighted by Crippen LogP contribution is 2.44. The molecule has 0 saturated heterocycles. The monoisotopic (exact) mass is 227 g/mol. The molecule has 0 rings (SSSR count). The first-order valence-corrected chi connectivity index (χ1v) is 6.84. The van der Waals surface area contributed by atoms with Crippen molar-refractivity contribution >= 4 is 19.7 Å². The van der Waals surface area contributed by atoms with Gasteiger partial charge in [0.25, 0.3) is 0 Å². The molecule has 0 aliphatic carbocycles. The smallest absolute Gasteiger partial charge is 0.183 e. The Labute approximate surface area is 102 Å². The van der Waals surface area contributed by atoms with Crippen LogP contribution in [0.5, 0.6) is 0 Å². The summed E-state index contributed by atoms with van der Waals surface area (Å²) in [6, 6.07) is 0. The summed E-state index contributed by atoms with van der Waals surface area (Å²) in [5.74, 6) is 0. The Bertz CT molecular complexity index is 186. The summed E-state index contributed by atoms with van der Waals surface area (Å²) < 4.78 is 0.354. The second-order valence-electron chi connectivity index (χ2n) is 4.80. The van der Waals surface area contributed by atoms with E-state index in [2.05, 4.69) is 34.6 Å². The van der Waals surface area contributed by atoms with E-state index in [0.717, 1.165) is 6.42 Å². The van der Waals surface area contributed by atoms with Crippen LogP contribution in [-0.4, -0.2) is 29.5 Å². The third-order valence-electron chi connectivity index (χ3n) is 3.40. The van der Waals surface area contributed by atoms with E-state index in [9.17, 15) is 0 Å². The van der Waals surface area contributed by atoms with Gasteiger partial charge in [-0.15, -0.1) is 11.8 Å². The lowest BCUT2D eigenvalue weighted by atomic mass is 10.0. The molecule has 0 fully saturated rings. The minimum atomic E-state index is 0.0555. The van der Waals surface area contributed by atoms with Gasteiger partial charge in [-0.1, -0.05) is 34.1 Å². The standard InChI is InChI=1S/C12H26BNS/c1-7-10-11(4,8-2)15-12(5,9-3)14(6)13/h7-10H2,1-6H3. The predicted octanol–water partition coefficient (Wildman–Crippen LogP) is 3.83. The van der Waals surface area contributed by atoms with Crippen molar-refractivity contribution in [3.8, 4) is 0 Å². The van der Waals surface area contributed by atoms with Crippen LogP contribution in [0.2, 0.25) is 0 Å². The maximum absolute atomic E-state index is 5.95. The molecule has 0 heterocycles. The van der Waals surface area contributed by atoms with Crippen molar-refractivity contribution in [3.05, 3.63) is 0 Å². The van der Waals surface area contributed by atoms with Crippen molar-refractivity contribution in [1.82, 2.24) is 4.81 Å². The summed E-state index contributed by atoms with van der Waals surface area (Å²) in [4.78, 5) is 1.92. The Morgan fingerprint density at radius 1 is 1.13 bits per heavy atom. The van der Waals surface area contributed by atoms with Gasteiger partial charge in [-0.2, -0.15) is 0 Å². The average molecular weight is 227 g/mol. The first-order chi connectivity index (χ1) is 6.83. The molecule has 0 saturated carbocycles. The molecule has 2 unspecified atom stereocenters. The molecule has 0 bridgehead atoms. The maximum atomic E-state index is 5.95. The molecule has 15 heavy (non-hydrogen) atoms. The molecule has 0 amide bonds. The van der Waals surface area contributed by atoms with E-state index < -0.39 is 0 Å². The molecule has 0 aliphatic rings. The fraction of sp³-hybridized carbons (Fsp3) is 1.00. The van der Waals surface area contributed by atoms with E-state index in [1.54, 1.807) is 0 Å². The van der Waals surface area contributed by atoms with Crippen molar-refractivity contribution < 1.29 is 0 Å². The summed E-state index contributed by atoms with van der Waals surface area (Å²) in [6.07, 6.45) is 4.78. The van der Waals surface area contributed by atoms with Crippen molar-refractivity contribution in [1.29, 1.82) is 0 Å². The molecular formula is C12H26BNS. The summed E-state index contributed by atoms with van der Waals surface area (Å²) in [5, 5.41) is 0. The SMILES string of the molecule is [B]N(C)C(C)(CC)SC(C)(CC)CCC. The van der Waals surface area contributed by atoms with Crippen LogP contribution in [0.1, 0.15) is 60.3 Å². The largest absolute Gasteiger partial charge is 0.343 e. The molecule has 1 nitrogen and oxygen atoms in total. The van der Waals surface area contributed by atoms with Crippen LogP contribution < -0.4 is 0 Å². The van der Waals surface area contributed by atoms with Gasteiger partial charge in [-0.3, -0.25) is 0 Å². The van der Waals surface area contributed by atoms with Gasteiger partial charge in [0.05, 0.1) is 4.87 Å². The van der Waals surface area contributed by atoms with Gasteiger partial charge in [0.2, 0.25) is 0 Å².